The summed E-state index contributed by atoms with van der Waals surface area (Å²) in [4.78, 5) is 8.58. The third kappa shape index (κ3) is 1.31. The van der Waals surface area contributed by atoms with Crippen molar-refractivity contribution in [2.75, 3.05) is 6.54 Å². The van der Waals surface area contributed by atoms with E-state index in [-0.39, 0.29) is 5.92 Å². The molecule has 1 aliphatic heterocycles. The van der Waals surface area contributed by atoms with Crippen molar-refractivity contribution in [2.24, 2.45) is 5.10 Å². The first kappa shape index (κ1) is 8.80. The van der Waals surface area contributed by atoms with E-state index in [1.807, 2.05) is 22.8 Å². The average molecular weight is 219 g/mol. The predicted molar refractivity (Wildman–Crippen MR) is 61.9 cm³/mol. The van der Waals surface area contributed by atoms with E-state index in [1.165, 1.54) is 0 Å². The second-order valence-corrected chi connectivity index (χ2v) is 4.02. The van der Waals surface area contributed by atoms with Crippen molar-refractivity contribution in [3.05, 3.63) is 24.3 Å². The van der Waals surface area contributed by atoms with Crippen LogP contribution >= 0.6 is 9.39 Å². The molecule has 0 bridgehead atoms. The Morgan fingerprint density at radius 1 is 1.47 bits per heavy atom. The summed E-state index contributed by atoms with van der Waals surface area (Å²) < 4.78 is 1.92. The quantitative estimate of drug-likeness (QED) is 0.720. The van der Waals surface area contributed by atoms with Gasteiger partial charge in [0.05, 0.1) is 11.6 Å². The monoisotopic (exact) mass is 219 g/mol. The highest BCUT2D eigenvalue weighted by Crippen LogP contribution is 2.24. The van der Waals surface area contributed by atoms with Gasteiger partial charge >= 0.3 is 0 Å². The Morgan fingerprint density at radius 2 is 2.40 bits per heavy atom. The van der Waals surface area contributed by atoms with Gasteiger partial charge < -0.3 is 9.76 Å². The lowest BCUT2D eigenvalue weighted by atomic mass is 10.1. The Labute approximate surface area is 88.9 Å². The molecule has 0 amide bonds. The lowest BCUT2D eigenvalue weighted by Gasteiger charge is -2.06. The summed E-state index contributed by atoms with van der Waals surface area (Å²) in [7, 11) is 2.61. The lowest BCUT2D eigenvalue weighted by Crippen LogP contribution is -2.10. The van der Waals surface area contributed by atoms with Gasteiger partial charge in [0.15, 0.2) is 0 Å². The molecule has 15 heavy (non-hydrogen) atoms. The highest BCUT2D eigenvalue weighted by Gasteiger charge is 2.18. The number of nitrogens with one attached hydrogen (secondary N) is 1. The summed E-state index contributed by atoms with van der Waals surface area (Å²) in [6, 6.07) is 2.03. The fourth-order valence-electron chi connectivity index (χ4n) is 1.80. The molecule has 2 unspecified atom stereocenters. The Kier molecular flexibility index (Phi) is 1.92. The van der Waals surface area contributed by atoms with Crippen molar-refractivity contribution in [1.29, 1.82) is 0 Å². The van der Waals surface area contributed by atoms with Gasteiger partial charge in [0.1, 0.15) is 12.0 Å². The zero-order valence-corrected chi connectivity index (χ0v) is 9.11. The molecule has 3 heterocycles. The highest BCUT2D eigenvalue weighted by atomic mass is 31.0. The van der Waals surface area contributed by atoms with E-state index >= 15 is 0 Å². The summed E-state index contributed by atoms with van der Waals surface area (Å²) in [5.74, 6) is 0.253. The fraction of sp³-hybridized carbons (Fsp3) is 0.222. The average Bonchev–Trinajstić information content (AvgIpc) is 2.88. The smallest absolute Gasteiger partial charge is 0.146 e. The highest BCUT2D eigenvalue weighted by molar-refractivity contribution is 7.14. The molecular formula is C9H10N5P. The van der Waals surface area contributed by atoms with E-state index in [9.17, 15) is 0 Å². The molecule has 0 spiro atoms. The van der Waals surface area contributed by atoms with Gasteiger partial charge in [-0.3, -0.25) is 0 Å². The van der Waals surface area contributed by atoms with Crippen molar-refractivity contribution < 1.29 is 0 Å². The molecule has 2 aromatic rings. The molecule has 2 aromatic heterocycles. The summed E-state index contributed by atoms with van der Waals surface area (Å²) in [5.41, 5.74) is 4.91. The Hall–Kier alpha value is -1.48. The zero-order valence-electron chi connectivity index (χ0n) is 7.96. The van der Waals surface area contributed by atoms with Crippen LogP contribution in [0.25, 0.3) is 11.0 Å². The number of rotatable bonds is 1. The van der Waals surface area contributed by atoms with E-state index < -0.39 is 0 Å². The van der Waals surface area contributed by atoms with E-state index in [4.69, 9.17) is 0 Å². The number of nitrogens with zero attached hydrogens (tertiary/aromatic N) is 4. The second-order valence-electron chi connectivity index (χ2n) is 3.47. The van der Waals surface area contributed by atoms with Crippen molar-refractivity contribution in [3.8, 4) is 0 Å². The number of fused-ring (bicyclic) bond motifs is 1. The van der Waals surface area contributed by atoms with Gasteiger partial charge in [0.25, 0.3) is 0 Å². The molecule has 0 radical (unpaired) electrons. The van der Waals surface area contributed by atoms with Crippen molar-refractivity contribution >= 4 is 26.6 Å². The molecule has 0 saturated carbocycles. The van der Waals surface area contributed by atoms with Crippen LogP contribution in [-0.4, -0.2) is 27.1 Å². The van der Waals surface area contributed by atoms with Gasteiger partial charge in [-0.15, -0.1) is 0 Å². The first-order valence-electron chi connectivity index (χ1n) is 4.69. The maximum absolute atomic E-state index is 4.34. The molecule has 0 saturated heterocycles. The maximum Gasteiger partial charge on any atom is 0.146 e. The van der Waals surface area contributed by atoms with Gasteiger partial charge in [-0.2, -0.15) is 5.10 Å². The third-order valence-electron chi connectivity index (χ3n) is 2.55. The maximum atomic E-state index is 4.34. The Bertz CT molecular complexity index is 532. The van der Waals surface area contributed by atoms with Crippen LogP contribution in [0.5, 0.6) is 0 Å². The minimum Gasteiger partial charge on any atom is -0.317 e. The van der Waals surface area contributed by atoms with Crippen molar-refractivity contribution in [3.63, 3.8) is 0 Å². The van der Waals surface area contributed by atoms with Gasteiger partial charge in [0.2, 0.25) is 0 Å². The molecule has 5 nitrogen and oxygen atoms in total. The fourth-order valence-corrected chi connectivity index (χ4v) is 2.09. The molecule has 0 fully saturated rings. The van der Waals surface area contributed by atoms with Crippen LogP contribution in [0.4, 0.5) is 0 Å². The van der Waals surface area contributed by atoms with Crippen LogP contribution in [0.2, 0.25) is 0 Å². The van der Waals surface area contributed by atoms with Crippen molar-refractivity contribution in [2.45, 2.75) is 5.92 Å². The zero-order chi connectivity index (χ0) is 10.3. The molecule has 2 atom stereocenters. The standard InChI is InChI=1S/C9H10N5P/c15-14-2-1-7-8(6-3-12-13-4-6)10-5-11-9(7)14/h1-3,5-6,13H,4,15H2. The summed E-state index contributed by atoms with van der Waals surface area (Å²) in [6.45, 7) is 0.814. The van der Waals surface area contributed by atoms with Gasteiger partial charge in [0, 0.05) is 24.3 Å². The first-order valence-corrected chi connectivity index (χ1v) is 5.21. The van der Waals surface area contributed by atoms with Gasteiger partial charge in [-0.25, -0.2) is 9.97 Å². The van der Waals surface area contributed by atoms with Crippen LogP contribution in [0.1, 0.15) is 11.6 Å². The SMILES string of the molecule is Pn1ccc2c(C3C=NNC3)ncnc21. The molecule has 3 rings (SSSR count). The van der Waals surface area contributed by atoms with E-state index in [1.54, 1.807) is 6.33 Å². The lowest BCUT2D eigenvalue weighted by molar-refractivity contribution is 0.754. The van der Waals surface area contributed by atoms with Crippen LogP contribution in [0, 0.1) is 0 Å². The van der Waals surface area contributed by atoms with E-state index in [0.717, 1.165) is 23.3 Å². The second kappa shape index (κ2) is 3.28. The minimum absolute atomic E-state index is 0.253. The first-order chi connectivity index (χ1) is 7.36. The molecule has 6 heteroatoms. The molecule has 0 aliphatic carbocycles. The van der Waals surface area contributed by atoms with E-state index in [0.29, 0.717) is 0 Å². The molecule has 1 N–H and O–H groups in total. The number of hydrazone groups is 1. The van der Waals surface area contributed by atoms with Crippen LogP contribution in [0.15, 0.2) is 23.7 Å². The van der Waals surface area contributed by atoms with Crippen LogP contribution in [-0.2, 0) is 0 Å². The number of aromatic nitrogens is 3. The topological polar surface area (TPSA) is 55.1 Å². The molecule has 76 valence electrons. The molecular weight excluding hydrogens is 209 g/mol. The van der Waals surface area contributed by atoms with E-state index in [2.05, 4.69) is 29.9 Å². The van der Waals surface area contributed by atoms with Gasteiger partial charge in [-0.05, 0) is 15.5 Å². The summed E-state index contributed by atoms with van der Waals surface area (Å²) in [5, 5.41) is 5.10. The number of hydrogen-bond donors (Lipinski definition) is 1. The number of hydrogen-bond acceptors (Lipinski definition) is 4. The normalized spacial score (nSPS) is 19.7. The van der Waals surface area contributed by atoms with Crippen LogP contribution in [0.3, 0.4) is 0 Å². The minimum atomic E-state index is 0.253. The van der Waals surface area contributed by atoms with Crippen molar-refractivity contribution in [1.82, 2.24) is 19.7 Å². The van der Waals surface area contributed by atoms with Gasteiger partial charge in [-0.1, -0.05) is 0 Å². The third-order valence-corrected chi connectivity index (χ3v) is 2.96. The Morgan fingerprint density at radius 3 is 3.20 bits per heavy atom. The Balaban J connectivity index is 2.21. The molecule has 1 aliphatic rings. The largest absolute Gasteiger partial charge is 0.317 e. The summed E-state index contributed by atoms with van der Waals surface area (Å²) >= 11 is 0. The summed E-state index contributed by atoms with van der Waals surface area (Å²) in [6.07, 6.45) is 5.46. The predicted octanol–water partition coefficient (Wildman–Crippen LogP) is 0.742. The molecule has 0 aromatic carbocycles. The van der Waals surface area contributed by atoms with Crippen LogP contribution < -0.4 is 5.43 Å².